The number of fused-ring (bicyclic) bond motifs is 1. The summed E-state index contributed by atoms with van der Waals surface area (Å²) >= 11 is 0. The van der Waals surface area contributed by atoms with Crippen molar-refractivity contribution in [2.24, 2.45) is 0 Å². The van der Waals surface area contributed by atoms with E-state index in [1.807, 2.05) is 24.3 Å². The van der Waals surface area contributed by atoms with Crippen LogP contribution < -0.4 is 19.3 Å². The van der Waals surface area contributed by atoms with E-state index in [9.17, 15) is 18.3 Å². The molecule has 4 rings (SSSR count). The molecule has 2 heterocycles. The van der Waals surface area contributed by atoms with Crippen molar-refractivity contribution in [3.05, 3.63) is 54.1 Å². The van der Waals surface area contributed by atoms with Gasteiger partial charge in [-0.3, -0.25) is 4.72 Å². The van der Waals surface area contributed by atoms with Gasteiger partial charge >= 0.3 is 16.2 Å². The number of hydrogen-bond acceptors (Lipinski definition) is 7. The second kappa shape index (κ2) is 9.35. The van der Waals surface area contributed by atoms with Crippen molar-refractivity contribution in [1.29, 1.82) is 0 Å². The average Bonchev–Trinajstić information content (AvgIpc) is 2.83. The van der Waals surface area contributed by atoms with E-state index in [2.05, 4.69) is 19.5 Å². The Balaban J connectivity index is 1.60. The van der Waals surface area contributed by atoms with E-state index in [0.29, 0.717) is 29.8 Å². The number of methoxy groups -OCH3 is 1. The zero-order valence-corrected chi connectivity index (χ0v) is 20.0. The number of pyridine rings is 1. The summed E-state index contributed by atoms with van der Waals surface area (Å²) in [5.41, 5.74) is 1.84. The zero-order valence-electron chi connectivity index (χ0n) is 19.2. The highest BCUT2D eigenvalue weighted by Crippen LogP contribution is 2.30. The molecule has 1 aliphatic heterocycles. The van der Waals surface area contributed by atoms with Crippen molar-refractivity contribution in [2.45, 2.75) is 0 Å². The third-order valence-electron chi connectivity index (χ3n) is 5.78. The van der Waals surface area contributed by atoms with Gasteiger partial charge in [0.1, 0.15) is 11.6 Å². The number of aromatic nitrogens is 1. The van der Waals surface area contributed by atoms with Crippen LogP contribution in [0.1, 0.15) is 10.4 Å². The van der Waals surface area contributed by atoms with Crippen LogP contribution in [0.2, 0.25) is 0 Å². The highest BCUT2D eigenvalue weighted by molar-refractivity contribution is 7.90. The quantitative estimate of drug-likeness (QED) is 0.525. The maximum atomic E-state index is 12.1. The summed E-state index contributed by atoms with van der Waals surface area (Å²) in [5, 5.41) is 10.2. The predicted octanol–water partition coefficient (Wildman–Crippen LogP) is 2.49. The van der Waals surface area contributed by atoms with E-state index >= 15 is 0 Å². The summed E-state index contributed by atoms with van der Waals surface area (Å²) < 4.78 is 33.3. The number of rotatable bonds is 7. The molecule has 0 bridgehead atoms. The van der Waals surface area contributed by atoms with Crippen molar-refractivity contribution in [1.82, 2.24) is 9.29 Å². The number of carbonyl (C=O) groups is 1. The molecule has 1 saturated heterocycles. The molecule has 0 atom stereocenters. The number of piperazine rings is 1. The third-order valence-corrected chi connectivity index (χ3v) is 7.24. The number of aromatic carboxylic acids is 1. The summed E-state index contributed by atoms with van der Waals surface area (Å²) in [6.45, 7) is 2.79. The van der Waals surface area contributed by atoms with Crippen molar-refractivity contribution < 1.29 is 23.1 Å². The lowest BCUT2D eigenvalue weighted by atomic mass is 10.1. The minimum atomic E-state index is -3.72. The number of hydrogen-bond donors (Lipinski definition) is 2. The molecule has 0 radical (unpaired) electrons. The summed E-state index contributed by atoms with van der Waals surface area (Å²) in [5.74, 6) is 0.286. The van der Waals surface area contributed by atoms with Crippen LogP contribution in [-0.4, -0.2) is 76.2 Å². The molecule has 0 amide bonds. The molecule has 11 heteroatoms. The van der Waals surface area contributed by atoms with Crippen LogP contribution in [0.4, 0.5) is 17.2 Å². The van der Waals surface area contributed by atoms with Gasteiger partial charge in [-0.2, -0.15) is 12.7 Å². The SMILES string of the molecule is COc1ccccc1N1CCN(c2cc(C(=O)O)c3cc(NS(=O)(=O)N(C)C)ccc3n2)CC1. The van der Waals surface area contributed by atoms with Crippen LogP contribution in [-0.2, 0) is 10.2 Å². The molecular formula is C23H27N5O5S. The number of nitrogens with one attached hydrogen (secondary N) is 1. The third kappa shape index (κ3) is 4.70. The van der Waals surface area contributed by atoms with Crippen LogP contribution in [0.25, 0.3) is 10.9 Å². The Morgan fingerprint density at radius 3 is 2.38 bits per heavy atom. The second-order valence-electron chi connectivity index (χ2n) is 8.10. The fraction of sp³-hybridized carbons (Fsp3) is 0.304. The number of para-hydroxylation sites is 2. The van der Waals surface area contributed by atoms with E-state index in [4.69, 9.17) is 4.74 Å². The summed E-state index contributed by atoms with van der Waals surface area (Å²) in [6, 6.07) is 14.1. The molecule has 1 aliphatic rings. The van der Waals surface area contributed by atoms with Crippen LogP contribution in [0.3, 0.4) is 0 Å². The Labute approximate surface area is 198 Å². The minimum Gasteiger partial charge on any atom is -0.495 e. The number of ether oxygens (including phenoxy) is 1. The van der Waals surface area contributed by atoms with Gasteiger partial charge in [-0.05, 0) is 36.4 Å². The lowest BCUT2D eigenvalue weighted by Gasteiger charge is -2.37. The summed E-state index contributed by atoms with van der Waals surface area (Å²) in [4.78, 5) is 21.0. The van der Waals surface area contributed by atoms with Crippen molar-refractivity contribution in [3.8, 4) is 5.75 Å². The molecule has 0 unspecified atom stereocenters. The molecule has 2 aromatic carbocycles. The maximum Gasteiger partial charge on any atom is 0.336 e. The van der Waals surface area contributed by atoms with E-state index < -0.39 is 16.2 Å². The molecule has 180 valence electrons. The maximum absolute atomic E-state index is 12.1. The van der Waals surface area contributed by atoms with E-state index in [1.165, 1.54) is 20.2 Å². The van der Waals surface area contributed by atoms with Gasteiger partial charge in [0.2, 0.25) is 0 Å². The molecule has 1 aromatic heterocycles. The molecule has 1 fully saturated rings. The average molecular weight is 486 g/mol. The lowest BCUT2D eigenvalue weighted by molar-refractivity contribution is 0.0699. The summed E-state index contributed by atoms with van der Waals surface area (Å²) in [7, 11) is 0.754. The number of carboxylic acids is 1. The van der Waals surface area contributed by atoms with Crippen molar-refractivity contribution in [2.75, 3.05) is 61.9 Å². The fourth-order valence-electron chi connectivity index (χ4n) is 3.92. The number of carboxylic acid groups (broad SMARTS) is 1. The molecular weight excluding hydrogens is 458 g/mol. The van der Waals surface area contributed by atoms with E-state index in [1.54, 1.807) is 25.3 Å². The standard InChI is InChI=1S/C23H27N5O5S/c1-26(2)34(31,32)25-16-8-9-19-17(14-16)18(23(29)30)15-22(24-19)28-12-10-27(11-13-28)20-6-4-5-7-21(20)33-3/h4-9,14-15,25H,10-13H2,1-3H3,(H,29,30). The molecule has 0 aliphatic carbocycles. The van der Waals surface area contributed by atoms with Gasteiger partial charge in [0.15, 0.2) is 0 Å². The monoisotopic (exact) mass is 485 g/mol. The van der Waals surface area contributed by atoms with Crippen molar-refractivity contribution >= 4 is 44.3 Å². The Morgan fingerprint density at radius 2 is 1.74 bits per heavy atom. The first kappa shape index (κ1) is 23.6. The molecule has 0 spiro atoms. The Bertz CT molecular complexity index is 1320. The van der Waals surface area contributed by atoms with Gasteiger partial charge in [0.25, 0.3) is 0 Å². The van der Waals surface area contributed by atoms with Gasteiger partial charge < -0.3 is 19.6 Å². The number of benzene rings is 2. The minimum absolute atomic E-state index is 0.0676. The van der Waals surface area contributed by atoms with E-state index in [0.717, 1.165) is 28.8 Å². The number of nitrogens with zero attached hydrogens (tertiary/aromatic N) is 4. The molecule has 0 saturated carbocycles. The van der Waals surface area contributed by atoms with Gasteiger partial charge in [-0.1, -0.05) is 12.1 Å². The summed E-state index contributed by atoms with van der Waals surface area (Å²) in [6.07, 6.45) is 0. The zero-order chi connectivity index (χ0) is 24.5. The van der Waals surface area contributed by atoms with Gasteiger partial charge in [0.05, 0.1) is 29.6 Å². The van der Waals surface area contributed by atoms with Crippen LogP contribution in [0, 0.1) is 0 Å². The molecule has 10 nitrogen and oxygen atoms in total. The van der Waals surface area contributed by atoms with Crippen LogP contribution in [0.15, 0.2) is 48.5 Å². The first-order chi connectivity index (χ1) is 16.2. The molecule has 3 aromatic rings. The smallest absolute Gasteiger partial charge is 0.336 e. The highest BCUT2D eigenvalue weighted by atomic mass is 32.2. The second-order valence-corrected chi connectivity index (χ2v) is 9.99. The highest BCUT2D eigenvalue weighted by Gasteiger charge is 2.23. The topological polar surface area (TPSA) is 115 Å². The number of anilines is 3. The first-order valence-electron chi connectivity index (χ1n) is 10.7. The van der Waals surface area contributed by atoms with Crippen molar-refractivity contribution in [3.63, 3.8) is 0 Å². The molecule has 34 heavy (non-hydrogen) atoms. The van der Waals surface area contributed by atoms with Gasteiger partial charge in [-0.25, -0.2) is 9.78 Å². The molecule has 2 N–H and O–H groups in total. The largest absolute Gasteiger partial charge is 0.495 e. The fourth-order valence-corrected chi connectivity index (χ4v) is 4.53. The van der Waals surface area contributed by atoms with E-state index in [-0.39, 0.29) is 11.3 Å². The Kier molecular flexibility index (Phi) is 6.49. The lowest BCUT2D eigenvalue weighted by Crippen LogP contribution is -2.47. The Morgan fingerprint density at radius 1 is 1.06 bits per heavy atom. The van der Waals surface area contributed by atoms with Crippen LogP contribution >= 0.6 is 0 Å². The predicted molar refractivity (Wildman–Crippen MR) is 132 cm³/mol. The van der Waals surface area contributed by atoms with Gasteiger partial charge in [0, 0.05) is 45.7 Å². The van der Waals surface area contributed by atoms with Gasteiger partial charge in [-0.15, -0.1) is 0 Å². The first-order valence-corrected chi connectivity index (χ1v) is 12.1. The van der Waals surface area contributed by atoms with Crippen LogP contribution in [0.5, 0.6) is 5.75 Å². The normalized spacial score (nSPS) is 14.5. The Hall–Kier alpha value is -3.57.